The first-order valence-electron chi connectivity index (χ1n) is 5.66. The summed E-state index contributed by atoms with van der Waals surface area (Å²) in [5.74, 6) is -1.47. The van der Waals surface area contributed by atoms with E-state index < -0.39 is 21.9 Å². The average molecular weight is 289 g/mol. The van der Waals surface area contributed by atoms with Crippen LogP contribution in [0.2, 0.25) is 0 Å². The molecule has 1 aliphatic rings. The number of carboxylic acids is 1. The minimum absolute atomic E-state index is 0.0632. The number of carboxylic acid groups (broad SMARTS) is 1. The highest BCUT2D eigenvalue weighted by atomic mass is 32.2. The molecule has 5 nitrogen and oxygen atoms in total. The molecule has 1 saturated heterocycles. The van der Waals surface area contributed by atoms with Gasteiger partial charge in [0.05, 0.1) is 10.8 Å². The zero-order valence-electron chi connectivity index (χ0n) is 9.94. The maximum absolute atomic E-state index is 12.3. The van der Waals surface area contributed by atoms with Crippen molar-refractivity contribution in [3.8, 4) is 0 Å². The fraction of sp³-hybridized carbons (Fsp3) is 0.545. The van der Waals surface area contributed by atoms with Crippen LogP contribution in [-0.2, 0) is 14.8 Å². The van der Waals surface area contributed by atoms with Gasteiger partial charge in [-0.15, -0.1) is 0 Å². The molecule has 0 aromatic carbocycles. The van der Waals surface area contributed by atoms with Crippen molar-refractivity contribution in [1.29, 1.82) is 0 Å². The van der Waals surface area contributed by atoms with Crippen molar-refractivity contribution in [1.82, 2.24) is 4.31 Å². The third-order valence-electron chi connectivity index (χ3n) is 3.11. The highest BCUT2D eigenvalue weighted by molar-refractivity contribution is 7.89. The minimum atomic E-state index is -3.54. The van der Waals surface area contributed by atoms with Crippen LogP contribution in [0.5, 0.6) is 0 Å². The molecule has 1 fully saturated rings. The van der Waals surface area contributed by atoms with Gasteiger partial charge in [-0.05, 0) is 23.8 Å². The van der Waals surface area contributed by atoms with E-state index >= 15 is 0 Å². The Balaban J connectivity index is 2.25. The Morgan fingerprint density at radius 2 is 2.22 bits per heavy atom. The lowest BCUT2D eigenvalue weighted by Gasteiger charge is -2.33. The van der Waals surface area contributed by atoms with Crippen LogP contribution in [-0.4, -0.2) is 36.9 Å². The van der Waals surface area contributed by atoms with E-state index in [-0.39, 0.29) is 17.4 Å². The van der Waals surface area contributed by atoms with Crippen LogP contribution < -0.4 is 0 Å². The monoisotopic (exact) mass is 289 g/mol. The van der Waals surface area contributed by atoms with E-state index in [2.05, 4.69) is 0 Å². The Bertz CT molecular complexity index is 523. The van der Waals surface area contributed by atoms with Crippen LogP contribution in [0.15, 0.2) is 21.7 Å². The van der Waals surface area contributed by atoms with Gasteiger partial charge in [-0.3, -0.25) is 4.79 Å². The van der Waals surface area contributed by atoms with Crippen LogP contribution >= 0.6 is 11.3 Å². The molecule has 1 aromatic rings. The first kappa shape index (κ1) is 13.5. The smallest absolute Gasteiger partial charge is 0.307 e. The topological polar surface area (TPSA) is 74.7 Å². The van der Waals surface area contributed by atoms with E-state index in [9.17, 15) is 13.2 Å². The summed E-state index contributed by atoms with van der Waals surface area (Å²) in [7, 11) is -3.54. The fourth-order valence-corrected chi connectivity index (χ4v) is 4.85. The number of piperidine rings is 1. The molecule has 0 bridgehead atoms. The summed E-state index contributed by atoms with van der Waals surface area (Å²) in [6, 6.07) is 1.55. The Labute approximate surface area is 110 Å². The summed E-state index contributed by atoms with van der Waals surface area (Å²) in [6.07, 6.45) is 0.533. The second kappa shape index (κ2) is 4.99. The predicted octanol–water partition coefficient (Wildman–Crippen LogP) is 1.48. The lowest BCUT2D eigenvalue weighted by Crippen LogP contribution is -2.45. The normalized spacial score (nSPS) is 26.1. The molecule has 100 valence electrons. The second-order valence-corrected chi connectivity index (χ2v) is 7.38. The molecular weight excluding hydrogens is 274 g/mol. The first-order valence-corrected chi connectivity index (χ1v) is 8.04. The first-order chi connectivity index (χ1) is 8.41. The van der Waals surface area contributed by atoms with Crippen molar-refractivity contribution in [3.63, 3.8) is 0 Å². The average Bonchev–Trinajstić information content (AvgIpc) is 2.82. The van der Waals surface area contributed by atoms with Crippen molar-refractivity contribution in [2.75, 3.05) is 13.1 Å². The highest BCUT2D eigenvalue weighted by Gasteiger charge is 2.36. The van der Waals surface area contributed by atoms with Crippen LogP contribution in [0.4, 0.5) is 0 Å². The molecule has 1 aliphatic heterocycles. The molecule has 0 aliphatic carbocycles. The number of nitrogens with zero attached hydrogens (tertiary/aromatic N) is 1. The van der Waals surface area contributed by atoms with Crippen LogP contribution in [0.1, 0.15) is 13.3 Å². The largest absolute Gasteiger partial charge is 0.481 e. The lowest BCUT2D eigenvalue weighted by atomic mass is 9.92. The van der Waals surface area contributed by atoms with E-state index in [4.69, 9.17) is 5.11 Å². The number of carbonyl (C=O) groups is 1. The Kier molecular flexibility index (Phi) is 3.74. The standard InChI is InChI=1S/C11H15NO4S2/c1-8-4-9(11(13)14)6-12(5-8)18(15,16)10-2-3-17-7-10/h2-3,7-9H,4-6H2,1H3,(H,13,14). The number of aliphatic carboxylic acids is 1. The molecule has 18 heavy (non-hydrogen) atoms. The molecule has 0 radical (unpaired) electrons. The number of sulfonamides is 1. The van der Waals surface area contributed by atoms with Crippen molar-refractivity contribution in [2.24, 2.45) is 11.8 Å². The van der Waals surface area contributed by atoms with Gasteiger partial charge < -0.3 is 5.11 Å². The zero-order valence-corrected chi connectivity index (χ0v) is 11.6. The van der Waals surface area contributed by atoms with Gasteiger partial charge in [0.2, 0.25) is 10.0 Å². The highest BCUT2D eigenvalue weighted by Crippen LogP contribution is 2.27. The van der Waals surface area contributed by atoms with Crippen molar-refractivity contribution < 1.29 is 18.3 Å². The molecular formula is C11H15NO4S2. The molecule has 2 heterocycles. The number of rotatable bonds is 3. The van der Waals surface area contributed by atoms with E-state index in [1.165, 1.54) is 15.6 Å². The van der Waals surface area contributed by atoms with Gasteiger partial charge in [0.25, 0.3) is 0 Å². The minimum Gasteiger partial charge on any atom is -0.481 e. The number of thiophene rings is 1. The summed E-state index contributed by atoms with van der Waals surface area (Å²) >= 11 is 1.32. The Morgan fingerprint density at radius 1 is 1.50 bits per heavy atom. The predicted molar refractivity (Wildman–Crippen MR) is 68.0 cm³/mol. The van der Waals surface area contributed by atoms with Gasteiger partial charge >= 0.3 is 5.97 Å². The van der Waals surface area contributed by atoms with Gasteiger partial charge in [0.1, 0.15) is 0 Å². The fourth-order valence-electron chi connectivity index (χ4n) is 2.23. The van der Waals surface area contributed by atoms with Gasteiger partial charge in [-0.1, -0.05) is 6.92 Å². The van der Waals surface area contributed by atoms with Gasteiger partial charge in [0.15, 0.2) is 0 Å². The van der Waals surface area contributed by atoms with Gasteiger partial charge in [-0.2, -0.15) is 15.6 Å². The van der Waals surface area contributed by atoms with Crippen LogP contribution in [0.3, 0.4) is 0 Å². The van der Waals surface area contributed by atoms with E-state index in [1.54, 1.807) is 16.8 Å². The molecule has 0 spiro atoms. The molecule has 1 aromatic heterocycles. The molecule has 0 amide bonds. The molecule has 7 heteroatoms. The molecule has 2 atom stereocenters. The van der Waals surface area contributed by atoms with Crippen molar-refractivity contribution >= 4 is 27.3 Å². The number of hydrogen-bond acceptors (Lipinski definition) is 4. The summed E-state index contributed by atoms with van der Waals surface area (Å²) in [6.45, 7) is 2.34. The van der Waals surface area contributed by atoms with E-state index in [1.807, 2.05) is 6.92 Å². The third-order valence-corrected chi connectivity index (χ3v) is 5.77. The van der Waals surface area contributed by atoms with E-state index in [0.717, 1.165) is 0 Å². The summed E-state index contributed by atoms with van der Waals surface area (Å²) < 4.78 is 25.9. The third kappa shape index (κ3) is 2.57. The van der Waals surface area contributed by atoms with Crippen LogP contribution in [0.25, 0.3) is 0 Å². The SMILES string of the molecule is CC1CC(C(=O)O)CN(S(=O)(=O)c2ccsc2)C1. The number of hydrogen-bond donors (Lipinski definition) is 1. The van der Waals surface area contributed by atoms with E-state index in [0.29, 0.717) is 13.0 Å². The van der Waals surface area contributed by atoms with Gasteiger partial charge in [0, 0.05) is 18.5 Å². The molecule has 0 saturated carbocycles. The Hall–Kier alpha value is -0.920. The van der Waals surface area contributed by atoms with Gasteiger partial charge in [-0.25, -0.2) is 8.42 Å². The summed E-state index contributed by atoms with van der Waals surface area (Å²) in [5, 5.41) is 12.3. The Morgan fingerprint density at radius 3 is 2.78 bits per heavy atom. The van der Waals surface area contributed by atoms with Crippen molar-refractivity contribution in [3.05, 3.63) is 16.8 Å². The lowest BCUT2D eigenvalue weighted by molar-refractivity contribution is -0.143. The quantitative estimate of drug-likeness (QED) is 0.914. The molecule has 1 N–H and O–H groups in total. The maximum atomic E-state index is 12.3. The second-order valence-electron chi connectivity index (χ2n) is 4.66. The van der Waals surface area contributed by atoms with Crippen molar-refractivity contribution in [2.45, 2.75) is 18.2 Å². The van der Waals surface area contributed by atoms with Crippen LogP contribution in [0, 0.1) is 11.8 Å². The molecule has 2 unspecified atom stereocenters. The zero-order chi connectivity index (χ0) is 13.3. The maximum Gasteiger partial charge on any atom is 0.307 e. The summed E-state index contributed by atoms with van der Waals surface area (Å²) in [5.41, 5.74) is 0. The molecule has 2 rings (SSSR count). The summed E-state index contributed by atoms with van der Waals surface area (Å²) in [4.78, 5) is 11.3.